The van der Waals surface area contributed by atoms with Gasteiger partial charge in [-0.25, -0.2) is 4.79 Å². The number of nitrogens with zero attached hydrogens (tertiary/aromatic N) is 3. The molecule has 0 aromatic rings. The Kier molecular flexibility index (Phi) is 24.8. The van der Waals surface area contributed by atoms with Crippen molar-refractivity contribution in [1.82, 2.24) is 9.80 Å². The van der Waals surface area contributed by atoms with E-state index in [1.165, 1.54) is 26.2 Å². The summed E-state index contributed by atoms with van der Waals surface area (Å²) in [6, 6.07) is 0.0151. The molecule has 5 saturated heterocycles. The van der Waals surface area contributed by atoms with Crippen molar-refractivity contribution in [3.05, 3.63) is 0 Å². The smallest absolute Gasteiger partial charge is 0.410 e. The molecule has 5 aliphatic rings. The molecule has 22 nitrogen and oxygen atoms in total. The molecule has 22 heteroatoms. The molecule has 5 aliphatic heterocycles. The maximum Gasteiger partial charge on any atom is 0.410 e. The number of carbonyl (C=O) groups is 4. The molecule has 2 N–H and O–H groups in total. The van der Waals surface area contributed by atoms with Crippen LogP contribution in [0.2, 0.25) is 0 Å². The number of ketones is 1. The molecule has 24 atom stereocenters. The van der Waals surface area contributed by atoms with Gasteiger partial charge in [0, 0.05) is 63.8 Å². The fourth-order valence-electron chi connectivity index (χ4n) is 12.3. The molecule has 5 heterocycles. The number of morpholine rings is 1. The first-order chi connectivity index (χ1) is 37.0. The van der Waals surface area contributed by atoms with Crippen LogP contribution < -0.4 is 0 Å². The highest BCUT2D eigenvalue weighted by Crippen LogP contribution is 2.41. The summed E-state index contributed by atoms with van der Waals surface area (Å²) in [5.74, 6) is -7.30. The van der Waals surface area contributed by atoms with Gasteiger partial charge in [-0.15, -0.1) is 0 Å². The van der Waals surface area contributed by atoms with Crippen molar-refractivity contribution < 1.29 is 91.1 Å². The minimum atomic E-state index is -1.94. The van der Waals surface area contributed by atoms with Crippen molar-refractivity contribution >= 4 is 29.5 Å². The van der Waals surface area contributed by atoms with Crippen LogP contribution in [0.1, 0.15) is 130 Å². The summed E-state index contributed by atoms with van der Waals surface area (Å²) in [5, 5.41) is 26.9. The van der Waals surface area contributed by atoms with E-state index in [2.05, 4.69) is 17.0 Å². The summed E-state index contributed by atoms with van der Waals surface area (Å²) < 4.78 is 76.7. The van der Waals surface area contributed by atoms with Crippen LogP contribution in [-0.2, 0) is 76.1 Å². The summed E-state index contributed by atoms with van der Waals surface area (Å²) in [7, 11) is 6.32. The molecule has 0 unspecified atom stereocenters. The SMILES string of the molecule is CO/N=C1\C[C@@H](C)O[C@@H](O[C@@H]2[C@@H](C)[C@H](O[C@H]3C[C@@H](C)N(C)C[C@H](C)O3)[C@@H](C)C(=O)O[C@H]([C@@H](C)CO[C@@H]3O[C@H](C)[C@@H](O)[C@@H](OC)[C@H]3OC)[C@H](C)[C@@H](OC(=O)CC(C)C)[C@@H](C)C(=O)[C@@](C)(OC(=O)N3C[C@@H](C)O[C@@H](C)C3)C[C@@H]2C)[C@@H]1O. The number of Topliss-reactive ketones (excluding diaryl/α,β-unsaturated/α-hetero) is 1. The van der Waals surface area contributed by atoms with Crippen LogP contribution in [0.5, 0.6) is 0 Å². The third-order valence-electron chi connectivity index (χ3n) is 16.6. The number of amides is 1. The van der Waals surface area contributed by atoms with Crippen LogP contribution in [0.3, 0.4) is 0 Å². The Morgan fingerprint density at radius 2 is 1.38 bits per heavy atom. The summed E-state index contributed by atoms with van der Waals surface area (Å²) in [6.07, 6.45) is -13.9. The van der Waals surface area contributed by atoms with E-state index < -0.39 is 145 Å². The average Bonchev–Trinajstić information content (AvgIpc) is 3.50. The quantitative estimate of drug-likeness (QED) is 0.116. The molecule has 5 rings (SSSR count). The van der Waals surface area contributed by atoms with E-state index in [9.17, 15) is 19.8 Å². The van der Waals surface area contributed by atoms with Crippen molar-refractivity contribution in [3.8, 4) is 0 Å². The third kappa shape index (κ3) is 17.0. The molecule has 0 aromatic heterocycles. The van der Waals surface area contributed by atoms with Crippen LogP contribution in [0, 0.1) is 41.4 Å². The molecular formula is C57H99N3O19. The van der Waals surface area contributed by atoms with E-state index in [1.54, 1.807) is 34.6 Å². The maximum atomic E-state index is 15.9. The number of ether oxygens (including phenoxy) is 12. The van der Waals surface area contributed by atoms with Crippen LogP contribution in [0.15, 0.2) is 5.16 Å². The largest absolute Gasteiger partial charge is 0.461 e. The number of cyclic esters (lactones) is 1. The Hall–Kier alpha value is -3.13. The summed E-state index contributed by atoms with van der Waals surface area (Å²) in [5.41, 5.74) is -1.64. The van der Waals surface area contributed by atoms with E-state index in [4.69, 9.17) is 61.7 Å². The minimum absolute atomic E-state index is 0.0137. The van der Waals surface area contributed by atoms with Crippen LogP contribution in [0.4, 0.5) is 4.79 Å². The topological polar surface area (TPSA) is 248 Å². The zero-order valence-corrected chi connectivity index (χ0v) is 50.7. The Morgan fingerprint density at radius 1 is 0.747 bits per heavy atom. The van der Waals surface area contributed by atoms with Gasteiger partial charge in [-0.05, 0) is 80.7 Å². The fraction of sp³-hybridized carbons (Fsp3) is 0.912. The summed E-state index contributed by atoms with van der Waals surface area (Å²) in [4.78, 5) is 68.9. The van der Waals surface area contributed by atoms with Gasteiger partial charge in [0.15, 0.2) is 30.3 Å². The molecule has 0 spiro atoms. The Labute approximate surface area is 469 Å². The number of methoxy groups -OCH3 is 2. The third-order valence-corrected chi connectivity index (χ3v) is 16.6. The van der Waals surface area contributed by atoms with Crippen LogP contribution in [0.25, 0.3) is 0 Å². The van der Waals surface area contributed by atoms with Crippen LogP contribution in [-0.4, -0.2) is 214 Å². The van der Waals surface area contributed by atoms with Gasteiger partial charge >= 0.3 is 18.0 Å². The summed E-state index contributed by atoms with van der Waals surface area (Å²) >= 11 is 0. The monoisotopic (exact) mass is 1130 g/mol. The Morgan fingerprint density at radius 3 is 1.99 bits per heavy atom. The lowest BCUT2D eigenvalue weighted by atomic mass is 9.74. The standard InChI is InChI=1S/C57H99N3O19/c1-28(2)20-42(61)75-48-37(11)47(30(4)27-70-55-51(68-18)50(67-17)44(62)40(14)74-55)77-53(65)39(13)49(76-43-21-31(5)59(16)24-33(7)72-43)36(10)46(78-54-45(63)41(58-69-19)22-32(6)73-54)29(3)23-57(15,52(64)38(48)12)79-56(66)60-25-34(8)71-35(9)26-60/h28-40,43-51,54-55,62-63H,20-27H2,1-19H3/b58-41+/t29-,30-,31+,32+,33-,34-,35+,36+,37-,38+,39+,40+,43-,44+,45+,46-,47+,48+,49-,50+,51+,54-,55+,57-/m0/s1. The molecule has 456 valence electrons. The zero-order valence-electron chi connectivity index (χ0n) is 50.7. The van der Waals surface area contributed by atoms with Gasteiger partial charge in [0.25, 0.3) is 0 Å². The minimum Gasteiger partial charge on any atom is -0.461 e. The van der Waals surface area contributed by atoms with E-state index in [0.29, 0.717) is 18.7 Å². The van der Waals surface area contributed by atoms with Gasteiger partial charge in [-0.1, -0.05) is 53.6 Å². The molecule has 5 fully saturated rings. The highest BCUT2D eigenvalue weighted by atomic mass is 16.7. The van der Waals surface area contributed by atoms with E-state index in [1.807, 2.05) is 69.4 Å². The van der Waals surface area contributed by atoms with Crippen molar-refractivity contribution in [2.75, 3.05) is 54.6 Å². The molecule has 1 amide bonds. The first-order valence-corrected chi connectivity index (χ1v) is 28.7. The van der Waals surface area contributed by atoms with Gasteiger partial charge in [-0.2, -0.15) is 0 Å². The van der Waals surface area contributed by atoms with E-state index in [0.717, 1.165) is 0 Å². The second-order valence-electron chi connectivity index (χ2n) is 24.3. The lowest BCUT2D eigenvalue weighted by Gasteiger charge is -2.45. The van der Waals surface area contributed by atoms with Gasteiger partial charge < -0.3 is 81.7 Å². The normalized spacial score (nSPS) is 42.7. The first kappa shape index (κ1) is 66.7. The molecule has 0 saturated carbocycles. The van der Waals surface area contributed by atoms with Crippen LogP contribution >= 0.6 is 0 Å². The number of aliphatic hydroxyl groups excluding tert-OH is 2. The first-order valence-electron chi connectivity index (χ1n) is 28.7. The number of likely N-dealkylation sites (N-methyl/N-ethyl adjacent to an activating group) is 1. The highest BCUT2D eigenvalue weighted by Gasteiger charge is 2.53. The predicted molar refractivity (Wildman–Crippen MR) is 288 cm³/mol. The van der Waals surface area contributed by atoms with Crippen molar-refractivity contribution in [3.63, 3.8) is 0 Å². The molecule has 0 aliphatic carbocycles. The molecular weight excluding hydrogens is 1030 g/mol. The number of aliphatic hydroxyl groups is 2. The molecule has 0 aromatic carbocycles. The van der Waals surface area contributed by atoms with Gasteiger partial charge in [-0.3, -0.25) is 14.4 Å². The molecule has 0 bridgehead atoms. The number of hydrogen-bond acceptors (Lipinski definition) is 21. The lowest BCUT2D eigenvalue weighted by Crippen LogP contribution is -2.59. The fourth-order valence-corrected chi connectivity index (χ4v) is 12.3. The van der Waals surface area contributed by atoms with Crippen molar-refractivity contribution in [2.24, 2.45) is 46.6 Å². The van der Waals surface area contributed by atoms with Gasteiger partial charge in [0.2, 0.25) is 0 Å². The number of carbonyl (C=O) groups excluding carboxylic acids is 4. The number of esters is 2. The number of oxime groups is 1. The zero-order chi connectivity index (χ0) is 59.0. The summed E-state index contributed by atoms with van der Waals surface area (Å²) in [6.45, 7) is 28.1. The molecule has 0 radical (unpaired) electrons. The Balaban J connectivity index is 1.72. The number of hydrogen-bond donors (Lipinski definition) is 2. The van der Waals surface area contributed by atoms with Crippen molar-refractivity contribution in [2.45, 2.75) is 239 Å². The lowest BCUT2D eigenvalue weighted by molar-refractivity contribution is -0.305. The Bertz CT molecular complexity index is 1990. The average molecular weight is 1130 g/mol. The predicted octanol–water partition coefficient (Wildman–Crippen LogP) is 5.53. The molecule has 79 heavy (non-hydrogen) atoms. The second-order valence-corrected chi connectivity index (χ2v) is 24.3. The second kappa shape index (κ2) is 29.4. The van der Waals surface area contributed by atoms with E-state index >= 15 is 9.59 Å². The maximum absolute atomic E-state index is 15.9. The van der Waals surface area contributed by atoms with Gasteiger partial charge in [0.05, 0.1) is 80.0 Å². The van der Waals surface area contributed by atoms with Gasteiger partial charge in [0.1, 0.15) is 43.7 Å². The van der Waals surface area contributed by atoms with Crippen molar-refractivity contribution in [1.29, 1.82) is 0 Å². The van der Waals surface area contributed by atoms with E-state index in [-0.39, 0.29) is 69.2 Å². The number of rotatable bonds is 15. The highest BCUT2D eigenvalue weighted by molar-refractivity contribution is 5.92.